The summed E-state index contributed by atoms with van der Waals surface area (Å²) in [5, 5.41) is 14.5. The van der Waals surface area contributed by atoms with E-state index in [1.54, 1.807) is 12.3 Å². The van der Waals surface area contributed by atoms with Gasteiger partial charge in [0.15, 0.2) is 5.65 Å². The van der Waals surface area contributed by atoms with Crippen LogP contribution in [0, 0.1) is 0 Å². The third kappa shape index (κ3) is 2.43. The Morgan fingerprint density at radius 2 is 2.26 bits per heavy atom. The molecule has 3 N–H and O–H groups in total. The smallest absolute Gasteiger partial charge is 0.326 e. The summed E-state index contributed by atoms with van der Waals surface area (Å²) in [6, 6.07) is 0.443. The van der Waals surface area contributed by atoms with E-state index in [0.717, 1.165) is 12.8 Å². The Kier molecular flexibility index (Phi) is 2.89. The fourth-order valence-corrected chi connectivity index (χ4v) is 2.15. The topological polar surface area (TPSA) is 134 Å². The van der Waals surface area contributed by atoms with Crippen LogP contribution >= 0.6 is 0 Å². The van der Waals surface area contributed by atoms with Gasteiger partial charge in [-0.1, -0.05) is 0 Å². The summed E-state index contributed by atoms with van der Waals surface area (Å²) in [4.78, 5) is 28.9. The van der Waals surface area contributed by atoms with Crippen LogP contribution in [-0.2, 0) is 0 Å². The lowest BCUT2D eigenvalue weighted by atomic mass is 10.3. The molecule has 4 rings (SSSR count). The maximum atomic E-state index is 11.2. The number of hydrogen-bond acceptors (Lipinski definition) is 7. The van der Waals surface area contributed by atoms with Crippen molar-refractivity contribution in [2.75, 3.05) is 7.11 Å². The lowest BCUT2D eigenvalue weighted by molar-refractivity contribution is 0.375. The number of aromatic hydroxyl groups is 1. The molecule has 0 saturated heterocycles. The van der Waals surface area contributed by atoms with E-state index in [1.807, 2.05) is 0 Å². The van der Waals surface area contributed by atoms with Gasteiger partial charge in [0, 0.05) is 5.22 Å². The lowest BCUT2D eigenvalue weighted by Gasteiger charge is -1.98. The van der Waals surface area contributed by atoms with Crippen molar-refractivity contribution in [3.05, 3.63) is 33.2 Å². The second kappa shape index (κ2) is 4.93. The summed E-state index contributed by atoms with van der Waals surface area (Å²) in [6.45, 7) is 0. The van der Waals surface area contributed by atoms with Crippen molar-refractivity contribution in [2.24, 2.45) is 4.99 Å². The maximum Gasteiger partial charge on any atom is 0.326 e. The van der Waals surface area contributed by atoms with Crippen LogP contribution in [0.4, 0.5) is 0 Å². The summed E-state index contributed by atoms with van der Waals surface area (Å²) in [5.41, 5.74) is 0.628. The van der Waals surface area contributed by atoms with E-state index in [9.17, 15) is 9.90 Å². The van der Waals surface area contributed by atoms with Gasteiger partial charge in [0.2, 0.25) is 5.88 Å². The number of nitrogens with one attached hydrogen (secondary N) is 2. The highest BCUT2D eigenvalue weighted by Gasteiger charge is 2.21. The summed E-state index contributed by atoms with van der Waals surface area (Å²) in [5.74, 6) is -0.252. The molecule has 0 atom stereocenters. The van der Waals surface area contributed by atoms with Crippen LogP contribution in [0.25, 0.3) is 11.7 Å². The predicted molar refractivity (Wildman–Crippen MR) is 77.8 cm³/mol. The van der Waals surface area contributed by atoms with Gasteiger partial charge in [-0.05, 0) is 18.9 Å². The number of hydrogen-bond donors (Lipinski definition) is 3. The number of methoxy groups -OCH3 is 1. The molecule has 3 aromatic heterocycles. The molecule has 0 spiro atoms. The van der Waals surface area contributed by atoms with E-state index < -0.39 is 5.69 Å². The molecule has 0 bridgehead atoms. The summed E-state index contributed by atoms with van der Waals surface area (Å²) < 4.78 is 6.63. The number of fused-ring (bicyclic) bond motifs is 1. The molecule has 118 valence electrons. The first-order valence-electron chi connectivity index (χ1n) is 7.00. The Balaban J connectivity index is 1.98. The summed E-state index contributed by atoms with van der Waals surface area (Å²) in [6.07, 6.45) is 5.18. The minimum atomic E-state index is -0.498. The molecule has 0 unspecified atom stereocenters. The van der Waals surface area contributed by atoms with Gasteiger partial charge in [-0.2, -0.15) is 19.6 Å². The minimum absolute atomic E-state index is 0.179. The molecule has 10 nitrogen and oxygen atoms in total. The van der Waals surface area contributed by atoms with Crippen LogP contribution in [0.5, 0.6) is 11.9 Å². The van der Waals surface area contributed by atoms with E-state index in [1.165, 1.54) is 11.6 Å². The van der Waals surface area contributed by atoms with Gasteiger partial charge in [-0.3, -0.25) is 4.98 Å². The quantitative estimate of drug-likeness (QED) is 0.536. The highest BCUT2D eigenvalue weighted by molar-refractivity contribution is 5.56. The van der Waals surface area contributed by atoms with Gasteiger partial charge in [0.25, 0.3) is 5.62 Å². The molecule has 1 saturated carbocycles. The van der Waals surface area contributed by atoms with Crippen molar-refractivity contribution in [1.82, 2.24) is 29.5 Å². The molecule has 3 aromatic rings. The predicted octanol–water partition coefficient (Wildman–Crippen LogP) is -1.53. The molecule has 1 aliphatic rings. The second-order valence-electron chi connectivity index (χ2n) is 5.19. The number of H-pyrrole nitrogens is 2. The van der Waals surface area contributed by atoms with Gasteiger partial charge in [-0.15, -0.1) is 0 Å². The zero-order valence-electron chi connectivity index (χ0n) is 12.1. The number of rotatable bonds is 3. The first kappa shape index (κ1) is 13.5. The zero-order chi connectivity index (χ0) is 16.0. The van der Waals surface area contributed by atoms with Gasteiger partial charge in [0.1, 0.15) is 5.69 Å². The Labute approximate surface area is 128 Å². The third-order valence-corrected chi connectivity index (χ3v) is 3.42. The van der Waals surface area contributed by atoms with Crippen LogP contribution in [0.2, 0.25) is 0 Å². The first-order chi connectivity index (χ1) is 11.1. The van der Waals surface area contributed by atoms with Crippen molar-refractivity contribution in [1.29, 1.82) is 0 Å². The first-order valence-corrected chi connectivity index (χ1v) is 7.00. The van der Waals surface area contributed by atoms with Crippen molar-refractivity contribution < 1.29 is 9.84 Å². The average Bonchev–Trinajstić information content (AvgIpc) is 3.16. The molecule has 0 amide bonds. The molecule has 23 heavy (non-hydrogen) atoms. The molecule has 3 heterocycles. The number of aromatic nitrogens is 6. The Morgan fingerprint density at radius 1 is 1.43 bits per heavy atom. The maximum absolute atomic E-state index is 11.2. The van der Waals surface area contributed by atoms with Crippen molar-refractivity contribution in [2.45, 2.75) is 18.9 Å². The molecule has 1 fully saturated rings. The molecular weight excluding hydrogens is 302 g/mol. The Morgan fingerprint density at radius 3 is 2.91 bits per heavy atom. The van der Waals surface area contributed by atoms with Crippen LogP contribution < -0.4 is 21.3 Å². The highest BCUT2D eigenvalue weighted by atomic mass is 16.5. The summed E-state index contributed by atoms with van der Waals surface area (Å²) in [7, 11) is 1.47. The number of aromatic amines is 2. The van der Waals surface area contributed by atoms with E-state index in [2.05, 4.69) is 30.0 Å². The van der Waals surface area contributed by atoms with Crippen LogP contribution in [0.3, 0.4) is 0 Å². The summed E-state index contributed by atoms with van der Waals surface area (Å²) >= 11 is 0. The zero-order valence-corrected chi connectivity index (χ0v) is 12.1. The van der Waals surface area contributed by atoms with Gasteiger partial charge in [0.05, 0.1) is 19.3 Å². The van der Waals surface area contributed by atoms with Crippen LogP contribution in [-0.4, -0.2) is 47.8 Å². The van der Waals surface area contributed by atoms with Gasteiger partial charge < -0.3 is 14.8 Å². The molecule has 1 aliphatic carbocycles. The third-order valence-electron chi connectivity index (χ3n) is 3.42. The molecule has 10 heteroatoms. The van der Waals surface area contributed by atoms with Crippen molar-refractivity contribution in [3.8, 4) is 11.9 Å². The number of ether oxygens (including phenoxy) is 1. The fourth-order valence-electron chi connectivity index (χ4n) is 2.15. The van der Waals surface area contributed by atoms with Crippen molar-refractivity contribution in [3.63, 3.8) is 0 Å². The normalized spacial score (nSPS) is 16.4. The Hall–Kier alpha value is -3.17. The number of imidazole rings is 1. The Bertz CT molecular complexity index is 1060. The number of nitrogens with zero attached hydrogens (tertiary/aromatic N) is 5. The van der Waals surface area contributed by atoms with Gasteiger partial charge >= 0.3 is 11.7 Å². The van der Waals surface area contributed by atoms with Crippen LogP contribution in [0.1, 0.15) is 18.5 Å². The molecule has 0 aromatic carbocycles. The molecular formula is C13H13N7O3. The monoisotopic (exact) mass is 315 g/mol. The van der Waals surface area contributed by atoms with E-state index in [-0.39, 0.29) is 23.6 Å². The largest absolute Gasteiger partial charge is 0.493 e. The lowest BCUT2D eigenvalue weighted by Crippen LogP contribution is -2.23. The van der Waals surface area contributed by atoms with Gasteiger partial charge in [-0.25, -0.2) is 9.79 Å². The molecule has 0 aliphatic heterocycles. The van der Waals surface area contributed by atoms with Crippen molar-refractivity contribution >= 4 is 11.7 Å². The average molecular weight is 315 g/mol. The SMILES string of the molecule is COc1nc(=NC2CC2)n2ncc(=Cc3[nH]c(=O)[nH]c3O)c2n1. The standard InChI is InChI=1S/C13H13N7O3/c1-23-13-17-9-6(4-8-10(21)18-12(22)16-8)5-14-20(9)11(19-13)15-7-2-3-7/h4-5,7,21H,2-3H2,1H3,(H2,16,18,22). The van der Waals surface area contributed by atoms with E-state index >= 15 is 0 Å². The van der Waals surface area contributed by atoms with Crippen LogP contribution in [0.15, 0.2) is 16.0 Å². The van der Waals surface area contributed by atoms with E-state index in [4.69, 9.17) is 4.74 Å². The fraction of sp³-hybridized carbons (Fsp3) is 0.308. The van der Waals surface area contributed by atoms with E-state index in [0.29, 0.717) is 16.5 Å². The minimum Gasteiger partial charge on any atom is -0.493 e. The molecule has 0 radical (unpaired) electrons. The second-order valence-corrected chi connectivity index (χ2v) is 5.19. The highest BCUT2D eigenvalue weighted by Crippen LogP contribution is 2.22.